The van der Waals surface area contributed by atoms with E-state index in [-0.39, 0.29) is 28.9 Å². The summed E-state index contributed by atoms with van der Waals surface area (Å²) in [4.78, 5) is 9.40. The standard InChI is InChI=1S/C21H29N5O2S.HI/c1-22-21(24-16-18-8-10-20(11-9-18)29(27,28)23-2)26-14-12-25(13-15-26)17-19-6-4-3-5-7-19;/h3-11,23H,12-17H2,1-2H3,(H,22,24);1H. The van der Waals surface area contributed by atoms with Crippen molar-refractivity contribution in [3.8, 4) is 0 Å². The second-order valence-electron chi connectivity index (χ2n) is 7.00. The third kappa shape index (κ3) is 6.66. The van der Waals surface area contributed by atoms with Crippen LogP contribution in [0.3, 0.4) is 0 Å². The highest BCUT2D eigenvalue weighted by atomic mass is 127. The Morgan fingerprint density at radius 3 is 2.17 bits per heavy atom. The van der Waals surface area contributed by atoms with Crippen molar-refractivity contribution in [1.29, 1.82) is 0 Å². The van der Waals surface area contributed by atoms with Gasteiger partial charge in [-0.15, -0.1) is 24.0 Å². The molecule has 2 N–H and O–H groups in total. The van der Waals surface area contributed by atoms with E-state index < -0.39 is 10.0 Å². The van der Waals surface area contributed by atoms with E-state index in [2.05, 4.69) is 49.1 Å². The molecule has 0 unspecified atom stereocenters. The first-order chi connectivity index (χ1) is 14.0. The molecule has 0 radical (unpaired) electrons. The van der Waals surface area contributed by atoms with Crippen molar-refractivity contribution in [2.75, 3.05) is 40.3 Å². The van der Waals surface area contributed by atoms with Gasteiger partial charge in [0.05, 0.1) is 4.90 Å². The zero-order valence-electron chi connectivity index (χ0n) is 17.4. The maximum Gasteiger partial charge on any atom is 0.240 e. The Balaban J connectivity index is 0.00000320. The van der Waals surface area contributed by atoms with E-state index in [0.717, 1.165) is 44.2 Å². The number of halogens is 1. The minimum Gasteiger partial charge on any atom is -0.352 e. The number of hydrogen-bond donors (Lipinski definition) is 2. The number of nitrogens with zero attached hydrogens (tertiary/aromatic N) is 3. The highest BCUT2D eigenvalue weighted by Crippen LogP contribution is 2.11. The van der Waals surface area contributed by atoms with Gasteiger partial charge in [-0.2, -0.15) is 0 Å². The van der Waals surface area contributed by atoms with E-state index in [0.29, 0.717) is 6.54 Å². The summed E-state index contributed by atoms with van der Waals surface area (Å²) in [6.07, 6.45) is 0. The van der Waals surface area contributed by atoms with Crippen LogP contribution in [-0.4, -0.2) is 64.5 Å². The quantitative estimate of drug-likeness (QED) is 0.332. The molecule has 2 aromatic carbocycles. The minimum absolute atomic E-state index is 0. The summed E-state index contributed by atoms with van der Waals surface area (Å²) in [5.41, 5.74) is 2.34. The van der Waals surface area contributed by atoms with Gasteiger partial charge in [0.25, 0.3) is 0 Å². The lowest BCUT2D eigenvalue weighted by molar-refractivity contribution is 0.172. The van der Waals surface area contributed by atoms with Gasteiger partial charge in [0, 0.05) is 46.3 Å². The van der Waals surface area contributed by atoms with Gasteiger partial charge in [0.2, 0.25) is 10.0 Å². The number of hydrogen-bond acceptors (Lipinski definition) is 4. The average Bonchev–Trinajstić information content (AvgIpc) is 2.76. The molecule has 1 fully saturated rings. The molecule has 0 saturated carbocycles. The van der Waals surface area contributed by atoms with Crippen LogP contribution >= 0.6 is 24.0 Å². The summed E-state index contributed by atoms with van der Waals surface area (Å²) >= 11 is 0. The Labute approximate surface area is 196 Å². The van der Waals surface area contributed by atoms with Crippen LogP contribution in [0.1, 0.15) is 11.1 Å². The average molecular weight is 543 g/mol. The summed E-state index contributed by atoms with van der Waals surface area (Å²) in [7, 11) is -0.199. The van der Waals surface area contributed by atoms with Crippen LogP contribution in [0.5, 0.6) is 0 Å². The van der Waals surface area contributed by atoms with E-state index in [1.54, 1.807) is 19.2 Å². The first-order valence-electron chi connectivity index (χ1n) is 9.76. The second kappa shape index (κ2) is 11.6. The number of sulfonamides is 1. The molecular weight excluding hydrogens is 513 g/mol. The SMILES string of the molecule is CN=C(NCc1ccc(S(=O)(=O)NC)cc1)N1CCN(Cc2ccccc2)CC1.I. The molecule has 2 aromatic rings. The van der Waals surface area contributed by atoms with Gasteiger partial charge < -0.3 is 10.2 Å². The molecule has 30 heavy (non-hydrogen) atoms. The van der Waals surface area contributed by atoms with Gasteiger partial charge in [0.1, 0.15) is 0 Å². The normalized spacial score (nSPS) is 15.5. The molecule has 1 aliphatic heterocycles. The smallest absolute Gasteiger partial charge is 0.240 e. The second-order valence-corrected chi connectivity index (χ2v) is 8.89. The summed E-state index contributed by atoms with van der Waals surface area (Å²) in [6.45, 7) is 5.40. The fourth-order valence-electron chi connectivity index (χ4n) is 3.38. The predicted molar refractivity (Wildman–Crippen MR) is 132 cm³/mol. The molecule has 0 aliphatic carbocycles. The van der Waals surface area contributed by atoms with Crippen molar-refractivity contribution in [3.05, 3.63) is 65.7 Å². The van der Waals surface area contributed by atoms with E-state index in [9.17, 15) is 8.42 Å². The lowest BCUT2D eigenvalue weighted by Gasteiger charge is -2.36. The van der Waals surface area contributed by atoms with Gasteiger partial charge in [0.15, 0.2) is 5.96 Å². The summed E-state index contributed by atoms with van der Waals surface area (Å²) in [6, 6.07) is 17.4. The lowest BCUT2D eigenvalue weighted by Crippen LogP contribution is -2.52. The fraction of sp³-hybridized carbons (Fsp3) is 0.381. The molecule has 0 aromatic heterocycles. The summed E-state index contributed by atoms with van der Waals surface area (Å²) in [5, 5.41) is 3.38. The van der Waals surface area contributed by atoms with Crippen molar-refractivity contribution in [2.45, 2.75) is 18.0 Å². The van der Waals surface area contributed by atoms with E-state index in [4.69, 9.17) is 0 Å². The predicted octanol–water partition coefficient (Wildman–Crippen LogP) is 2.11. The summed E-state index contributed by atoms with van der Waals surface area (Å²) in [5.74, 6) is 0.872. The molecule has 1 saturated heterocycles. The molecule has 9 heteroatoms. The van der Waals surface area contributed by atoms with Gasteiger partial charge in [-0.05, 0) is 30.3 Å². The van der Waals surface area contributed by atoms with Crippen molar-refractivity contribution in [3.63, 3.8) is 0 Å². The molecule has 164 valence electrons. The van der Waals surface area contributed by atoms with E-state index in [1.165, 1.54) is 12.6 Å². The third-order valence-corrected chi connectivity index (χ3v) is 6.52. The molecule has 1 aliphatic rings. The Morgan fingerprint density at radius 2 is 1.60 bits per heavy atom. The number of aliphatic imine (C=N–C) groups is 1. The Hall–Kier alpha value is -1.69. The third-order valence-electron chi connectivity index (χ3n) is 5.09. The molecule has 0 bridgehead atoms. The van der Waals surface area contributed by atoms with Gasteiger partial charge in [-0.1, -0.05) is 42.5 Å². The minimum atomic E-state index is -3.40. The molecule has 0 spiro atoms. The molecule has 3 rings (SSSR count). The molecule has 0 amide bonds. The Kier molecular flexibility index (Phi) is 9.53. The number of nitrogens with one attached hydrogen (secondary N) is 2. The first kappa shape index (κ1) is 24.6. The van der Waals surface area contributed by atoms with Crippen LogP contribution in [0, 0.1) is 0 Å². The van der Waals surface area contributed by atoms with Gasteiger partial charge >= 0.3 is 0 Å². The zero-order valence-corrected chi connectivity index (χ0v) is 20.6. The van der Waals surface area contributed by atoms with Crippen LogP contribution in [0.15, 0.2) is 64.5 Å². The van der Waals surface area contributed by atoms with Crippen molar-refractivity contribution in [2.24, 2.45) is 4.99 Å². The fourth-order valence-corrected chi connectivity index (χ4v) is 4.11. The molecule has 0 atom stereocenters. The van der Waals surface area contributed by atoms with Gasteiger partial charge in [-0.25, -0.2) is 13.1 Å². The van der Waals surface area contributed by atoms with Gasteiger partial charge in [-0.3, -0.25) is 9.89 Å². The largest absolute Gasteiger partial charge is 0.352 e. The van der Waals surface area contributed by atoms with Crippen LogP contribution in [0.25, 0.3) is 0 Å². The van der Waals surface area contributed by atoms with Crippen molar-refractivity contribution >= 4 is 40.0 Å². The van der Waals surface area contributed by atoms with E-state index in [1.807, 2.05) is 18.2 Å². The molecule has 7 nitrogen and oxygen atoms in total. The van der Waals surface area contributed by atoms with Crippen LogP contribution < -0.4 is 10.0 Å². The maximum atomic E-state index is 11.8. The first-order valence-corrected chi connectivity index (χ1v) is 11.2. The molecular formula is C21H30IN5O2S. The maximum absolute atomic E-state index is 11.8. The number of guanidine groups is 1. The van der Waals surface area contributed by atoms with Crippen LogP contribution in [0.4, 0.5) is 0 Å². The topological polar surface area (TPSA) is 77.0 Å². The summed E-state index contributed by atoms with van der Waals surface area (Å²) < 4.78 is 26.0. The Bertz CT molecular complexity index is 912. The number of rotatable bonds is 6. The van der Waals surface area contributed by atoms with Crippen molar-refractivity contribution < 1.29 is 8.42 Å². The van der Waals surface area contributed by atoms with E-state index >= 15 is 0 Å². The lowest BCUT2D eigenvalue weighted by atomic mass is 10.2. The van der Waals surface area contributed by atoms with Crippen LogP contribution in [0.2, 0.25) is 0 Å². The molecule has 1 heterocycles. The zero-order chi connectivity index (χ0) is 20.7. The van der Waals surface area contributed by atoms with Crippen molar-refractivity contribution in [1.82, 2.24) is 19.8 Å². The number of benzene rings is 2. The highest BCUT2D eigenvalue weighted by molar-refractivity contribution is 14.0. The number of piperazine rings is 1. The Morgan fingerprint density at radius 1 is 0.967 bits per heavy atom. The van der Waals surface area contributed by atoms with Crippen LogP contribution in [-0.2, 0) is 23.1 Å². The highest BCUT2D eigenvalue weighted by Gasteiger charge is 2.19. The monoisotopic (exact) mass is 543 g/mol.